The van der Waals surface area contributed by atoms with E-state index < -0.39 is 0 Å². The lowest BCUT2D eigenvalue weighted by molar-refractivity contribution is -0.141. The van der Waals surface area contributed by atoms with Gasteiger partial charge >= 0.3 is 5.97 Å². The Kier molecular flexibility index (Phi) is 6.56. The molecule has 1 aromatic rings. The molecule has 1 atom stereocenters. The minimum atomic E-state index is -0.296. The Morgan fingerprint density at radius 1 is 1.47 bits per heavy atom. The molecule has 5 heteroatoms. The topological polar surface area (TPSA) is 52.3 Å². The highest BCUT2D eigenvalue weighted by atomic mass is 79.9. The van der Waals surface area contributed by atoms with E-state index in [1.165, 1.54) is 7.11 Å². The van der Waals surface area contributed by atoms with Gasteiger partial charge in [-0.05, 0) is 17.7 Å². The molecule has 15 heavy (non-hydrogen) atoms. The summed E-state index contributed by atoms with van der Waals surface area (Å²) in [7, 11) is 1.36. The van der Waals surface area contributed by atoms with Crippen molar-refractivity contribution in [2.75, 3.05) is 7.11 Å². The van der Waals surface area contributed by atoms with Crippen LogP contribution in [-0.2, 0) is 9.53 Å². The van der Waals surface area contributed by atoms with Crippen LogP contribution in [0.5, 0.6) is 0 Å². The molecule has 0 aliphatic rings. The number of nitrogens with two attached hydrogens (primary N) is 1. The van der Waals surface area contributed by atoms with E-state index in [1.807, 2.05) is 24.3 Å². The number of methoxy groups -OCH3 is 1. The van der Waals surface area contributed by atoms with E-state index in [9.17, 15) is 4.79 Å². The molecule has 0 aliphatic heterocycles. The smallest absolute Gasteiger partial charge is 0.307 e. The van der Waals surface area contributed by atoms with Crippen LogP contribution in [0.4, 0.5) is 0 Å². The van der Waals surface area contributed by atoms with Gasteiger partial charge in [0, 0.05) is 10.5 Å². The minimum absolute atomic E-state index is 0. The molecular formula is C10H13BrClNO2. The largest absolute Gasteiger partial charge is 0.469 e. The summed E-state index contributed by atoms with van der Waals surface area (Å²) in [4.78, 5) is 11.0. The van der Waals surface area contributed by atoms with Gasteiger partial charge in [0.15, 0.2) is 0 Å². The van der Waals surface area contributed by atoms with Crippen LogP contribution >= 0.6 is 28.3 Å². The highest BCUT2D eigenvalue weighted by molar-refractivity contribution is 9.10. The maximum atomic E-state index is 11.0. The fourth-order valence-electron chi connectivity index (χ4n) is 1.09. The normalized spacial score (nSPS) is 11.4. The Morgan fingerprint density at radius 3 is 2.47 bits per heavy atom. The van der Waals surface area contributed by atoms with Crippen molar-refractivity contribution in [3.63, 3.8) is 0 Å². The van der Waals surface area contributed by atoms with Gasteiger partial charge in [0.1, 0.15) is 0 Å². The Morgan fingerprint density at radius 2 is 2.00 bits per heavy atom. The molecule has 3 nitrogen and oxygen atoms in total. The summed E-state index contributed by atoms with van der Waals surface area (Å²) in [5, 5.41) is 0. The van der Waals surface area contributed by atoms with Crippen LogP contribution in [0.25, 0.3) is 0 Å². The third-order valence-corrected chi connectivity index (χ3v) is 2.44. The molecule has 0 fully saturated rings. The van der Waals surface area contributed by atoms with Crippen molar-refractivity contribution in [2.45, 2.75) is 12.5 Å². The third-order valence-electron chi connectivity index (χ3n) is 1.91. The third kappa shape index (κ3) is 4.64. The molecule has 0 radical (unpaired) electrons. The molecule has 2 N–H and O–H groups in total. The number of carbonyl (C=O) groups is 1. The Hall–Kier alpha value is -0.580. The van der Waals surface area contributed by atoms with E-state index in [4.69, 9.17) is 5.73 Å². The molecule has 0 amide bonds. The van der Waals surface area contributed by atoms with Gasteiger partial charge in [-0.25, -0.2) is 0 Å². The fraction of sp³-hybridized carbons (Fsp3) is 0.300. The molecule has 0 spiro atoms. The first-order valence-corrected chi connectivity index (χ1v) is 5.00. The zero-order valence-electron chi connectivity index (χ0n) is 8.27. The monoisotopic (exact) mass is 293 g/mol. The minimum Gasteiger partial charge on any atom is -0.469 e. The highest BCUT2D eigenvalue weighted by Gasteiger charge is 2.11. The number of benzene rings is 1. The number of carbonyl (C=O) groups excluding carboxylic acids is 1. The first kappa shape index (κ1) is 14.4. The van der Waals surface area contributed by atoms with Gasteiger partial charge in [0.05, 0.1) is 13.5 Å². The van der Waals surface area contributed by atoms with Crippen LogP contribution in [-0.4, -0.2) is 13.1 Å². The average Bonchev–Trinajstić information content (AvgIpc) is 2.18. The molecule has 0 bridgehead atoms. The SMILES string of the molecule is COC(=O)CC(N)c1ccc(Br)cc1.Cl. The van der Waals surface area contributed by atoms with E-state index in [0.29, 0.717) is 0 Å². The van der Waals surface area contributed by atoms with E-state index in [2.05, 4.69) is 20.7 Å². The Bertz CT molecular complexity index is 316. The average molecular weight is 295 g/mol. The summed E-state index contributed by atoms with van der Waals surface area (Å²) in [6, 6.07) is 7.27. The predicted octanol–water partition coefficient (Wildman–Crippen LogP) is 2.43. The predicted molar refractivity (Wildman–Crippen MR) is 65.0 cm³/mol. The van der Waals surface area contributed by atoms with Crippen LogP contribution < -0.4 is 5.73 Å². The molecule has 0 saturated carbocycles. The summed E-state index contributed by atoms with van der Waals surface area (Å²) >= 11 is 3.33. The lowest BCUT2D eigenvalue weighted by atomic mass is 10.1. The number of ether oxygens (including phenoxy) is 1. The van der Waals surface area contributed by atoms with Gasteiger partial charge in [-0.15, -0.1) is 12.4 Å². The molecule has 1 rings (SSSR count). The molecular weight excluding hydrogens is 281 g/mol. The van der Waals surface area contributed by atoms with Crippen molar-refractivity contribution in [3.8, 4) is 0 Å². The first-order valence-electron chi connectivity index (χ1n) is 4.21. The van der Waals surface area contributed by atoms with Gasteiger partial charge in [0.25, 0.3) is 0 Å². The van der Waals surface area contributed by atoms with Gasteiger partial charge in [-0.3, -0.25) is 4.79 Å². The van der Waals surface area contributed by atoms with Crippen molar-refractivity contribution in [1.82, 2.24) is 0 Å². The van der Waals surface area contributed by atoms with Gasteiger partial charge in [-0.1, -0.05) is 28.1 Å². The molecule has 1 unspecified atom stereocenters. The van der Waals surface area contributed by atoms with Gasteiger partial charge in [0.2, 0.25) is 0 Å². The summed E-state index contributed by atoms with van der Waals surface area (Å²) in [5.41, 5.74) is 6.73. The van der Waals surface area contributed by atoms with Crippen LogP contribution in [0.1, 0.15) is 18.0 Å². The van der Waals surface area contributed by atoms with E-state index in [-0.39, 0.29) is 30.8 Å². The quantitative estimate of drug-likeness (QED) is 0.871. The molecule has 0 saturated heterocycles. The second kappa shape index (κ2) is 6.82. The maximum absolute atomic E-state index is 11.0. The number of rotatable bonds is 3. The second-order valence-corrected chi connectivity index (χ2v) is 3.85. The zero-order chi connectivity index (χ0) is 10.6. The van der Waals surface area contributed by atoms with Crippen molar-refractivity contribution in [3.05, 3.63) is 34.3 Å². The van der Waals surface area contributed by atoms with Gasteiger partial charge in [-0.2, -0.15) is 0 Å². The number of esters is 1. The van der Waals surface area contributed by atoms with Crippen molar-refractivity contribution in [1.29, 1.82) is 0 Å². The van der Waals surface area contributed by atoms with E-state index in [0.717, 1.165) is 10.0 Å². The number of hydrogen-bond acceptors (Lipinski definition) is 3. The van der Waals surface area contributed by atoms with Crippen LogP contribution in [0.2, 0.25) is 0 Å². The van der Waals surface area contributed by atoms with Crippen molar-refractivity contribution < 1.29 is 9.53 Å². The van der Waals surface area contributed by atoms with Crippen molar-refractivity contribution >= 4 is 34.3 Å². The Labute approximate surface area is 104 Å². The van der Waals surface area contributed by atoms with Crippen LogP contribution in [0.15, 0.2) is 28.7 Å². The first-order chi connectivity index (χ1) is 6.63. The lowest BCUT2D eigenvalue weighted by Gasteiger charge is -2.10. The summed E-state index contributed by atoms with van der Waals surface area (Å²) < 4.78 is 5.53. The second-order valence-electron chi connectivity index (χ2n) is 2.94. The Balaban J connectivity index is 0.00000196. The fourth-order valence-corrected chi connectivity index (χ4v) is 1.36. The number of halogens is 2. The zero-order valence-corrected chi connectivity index (χ0v) is 10.7. The lowest BCUT2D eigenvalue weighted by Crippen LogP contribution is -2.16. The van der Waals surface area contributed by atoms with E-state index >= 15 is 0 Å². The van der Waals surface area contributed by atoms with E-state index in [1.54, 1.807) is 0 Å². The molecule has 84 valence electrons. The van der Waals surface area contributed by atoms with Crippen LogP contribution in [0.3, 0.4) is 0 Å². The van der Waals surface area contributed by atoms with Crippen LogP contribution in [0, 0.1) is 0 Å². The molecule has 0 aliphatic carbocycles. The van der Waals surface area contributed by atoms with Gasteiger partial charge < -0.3 is 10.5 Å². The summed E-state index contributed by atoms with van der Waals surface area (Å²) in [5.74, 6) is -0.291. The summed E-state index contributed by atoms with van der Waals surface area (Å²) in [6.07, 6.45) is 0.206. The maximum Gasteiger partial charge on any atom is 0.307 e. The standard InChI is InChI=1S/C10H12BrNO2.ClH/c1-14-10(13)6-9(12)7-2-4-8(11)5-3-7;/h2-5,9H,6,12H2,1H3;1H. The van der Waals surface area contributed by atoms with Crippen molar-refractivity contribution in [2.24, 2.45) is 5.73 Å². The highest BCUT2D eigenvalue weighted by Crippen LogP contribution is 2.17. The molecule has 0 heterocycles. The molecule has 1 aromatic carbocycles. The summed E-state index contributed by atoms with van der Waals surface area (Å²) in [6.45, 7) is 0. The number of hydrogen-bond donors (Lipinski definition) is 1. The molecule has 0 aromatic heterocycles.